The van der Waals surface area contributed by atoms with Gasteiger partial charge in [-0.25, -0.2) is 4.79 Å². The standard InChI is InChI=1S/C17H11ClN2O5/c18-15-7-6-13(20(22)23)9-14(15)17(21)24-10-12-8-16(25-19-12)11-4-2-1-3-5-11/h1-9H,10H2. The second-order valence-corrected chi connectivity index (χ2v) is 5.45. The molecule has 1 aromatic heterocycles. The van der Waals surface area contributed by atoms with Gasteiger partial charge in [-0.05, 0) is 6.07 Å². The van der Waals surface area contributed by atoms with E-state index in [0.717, 1.165) is 11.6 Å². The van der Waals surface area contributed by atoms with E-state index in [2.05, 4.69) is 5.16 Å². The minimum absolute atomic E-state index is 0.0701. The van der Waals surface area contributed by atoms with Crippen molar-refractivity contribution in [2.75, 3.05) is 0 Å². The quantitative estimate of drug-likeness (QED) is 0.384. The van der Waals surface area contributed by atoms with Crippen LogP contribution in [0.15, 0.2) is 59.1 Å². The number of non-ortho nitro benzene ring substituents is 1. The molecule has 2 aromatic carbocycles. The van der Waals surface area contributed by atoms with Crippen LogP contribution in [0.2, 0.25) is 5.02 Å². The summed E-state index contributed by atoms with van der Waals surface area (Å²) in [6, 6.07) is 14.5. The number of esters is 1. The Kier molecular flexibility index (Phi) is 4.76. The second-order valence-electron chi connectivity index (χ2n) is 5.05. The number of nitro groups is 1. The molecule has 0 atom stereocenters. The van der Waals surface area contributed by atoms with E-state index in [9.17, 15) is 14.9 Å². The highest BCUT2D eigenvalue weighted by Crippen LogP contribution is 2.24. The molecule has 25 heavy (non-hydrogen) atoms. The Bertz CT molecular complexity index is 924. The Morgan fingerprint density at radius 2 is 1.96 bits per heavy atom. The predicted octanol–water partition coefficient (Wildman–Crippen LogP) is 4.26. The molecule has 8 heteroatoms. The summed E-state index contributed by atoms with van der Waals surface area (Å²) in [7, 11) is 0. The number of nitrogens with zero attached hydrogens (tertiary/aromatic N) is 2. The van der Waals surface area contributed by atoms with Gasteiger partial charge in [0, 0.05) is 23.8 Å². The van der Waals surface area contributed by atoms with Gasteiger partial charge >= 0.3 is 5.97 Å². The van der Waals surface area contributed by atoms with Crippen LogP contribution in [0.3, 0.4) is 0 Å². The third-order valence-electron chi connectivity index (χ3n) is 3.35. The Balaban J connectivity index is 1.70. The molecule has 0 aliphatic rings. The number of hydrogen-bond donors (Lipinski definition) is 0. The van der Waals surface area contributed by atoms with Crippen LogP contribution in [0.1, 0.15) is 16.1 Å². The number of benzene rings is 2. The highest BCUT2D eigenvalue weighted by atomic mass is 35.5. The predicted molar refractivity (Wildman–Crippen MR) is 89.2 cm³/mol. The van der Waals surface area contributed by atoms with Crippen LogP contribution in [0.25, 0.3) is 11.3 Å². The van der Waals surface area contributed by atoms with Gasteiger partial charge in [0.25, 0.3) is 5.69 Å². The third-order valence-corrected chi connectivity index (χ3v) is 3.68. The van der Waals surface area contributed by atoms with Crippen molar-refractivity contribution in [3.05, 3.63) is 81.0 Å². The molecule has 0 aliphatic carbocycles. The van der Waals surface area contributed by atoms with Gasteiger partial charge in [0.2, 0.25) is 0 Å². The molecule has 126 valence electrons. The van der Waals surface area contributed by atoms with E-state index in [4.69, 9.17) is 20.9 Å². The van der Waals surface area contributed by atoms with E-state index in [1.165, 1.54) is 12.1 Å². The van der Waals surface area contributed by atoms with Gasteiger partial charge in [0.1, 0.15) is 12.3 Å². The van der Waals surface area contributed by atoms with Crippen molar-refractivity contribution < 1.29 is 19.0 Å². The van der Waals surface area contributed by atoms with Crippen molar-refractivity contribution in [3.63, 3.8) is 0 Å². The number of halogens is 1. The summed E-state index contributed by atoms with van der Waals surface area (Å²) in [6.45, 7) is -0.145. The third kappa shape index (κ3) is 3.84. The average Bonchev–Trinajstić information content (AvgIpc) is 3.09. The van der Waals surface area contributed by atoms with E-state index < -0.39 is 10.9 Å². The minimum atomic E-state index is -0.780. The Morgan fingerprint density at radius 1 is 1.20 bits per heavy atom. The summed E-state index contributed by atoms with van der Waals surface area (Å²) >= 11 is 5.90. The highest BCUT2D eigenvalue weighted by Gasteiger charge is 2.18. The van der Waals surface area contributed by atoms with E-state index in [-0.39, 0.29) is 22.9 Å². The molecule has 3 aromatic rings. The van der Waals surface area contributed by atoms with Crippen LogP contribution >= 0.6 is 11.6 Å². The molecule has 0 unspecified atom stereocenters. The van der Waals surface area contributed by atoms with Gasteiger partial charge in [0.15, 0.2) is 5.76 Å². The number of carbonyl (C=O) groups is 1. The zero-order valence-electron chi connectivity index (χ0n) is 12.7. The van der Waals surface area contributed by atoms with Gasteiger partial charge in [-0.15, -0.1) is 0 Å². The fourth-order valence-electron chi connectivity index (χ4n) is 2.12. The minimum Gasteiger partial charge on any atom is -0.455 e. The summed E-state index contributed by atoms with van der Waals surface area (Å²) in [5.41, 5.74) is 0.926. The summed E-state index contributed by atoms with van der Waals surface area (Å²) in [4.78, 5) is 22.3. The van der Waals surface area contributed by atoms with Crippen molar-refractivity contribution in [3.8, 4) is 11.3 Å². The number of aromatic nitrogens is 1. The lowest BCUT2D eigenvalue weighted by atomic mass is 10.2. The number of nitro benzene ring substituents is 1. The van der Waals surface area contributed by atoms with Crippen molar-refractivity contribution in [1.82, 2.24) is 5.16 Å². The number of ether oxygens (including phenoxy) is 1. The highest BCUT2D eigenvalue weighted by molar-refractivity contribution is 6.33. The monoisotopic (exact) mass is 358 g/mol. The van der Waals surface area contributed by atoms with Crippen LogP contribution in [0.5, 0.6) is 0 Å². The van der Waals surface area contributed by atoms with Gasteiger partial charge in [-0.2, -0.15) is 0 Å². The molecule has 0 N–H and O–H groups in total. The van der Waals surface area contributed by atoms with Crippen LogP contribution in [-0.4, -0.2) is 16.0 Å². The lowest BCUT2D eigenvalue weighted by molar-refractivity contribution is -0.384. The average molecular weight is 359 g/mol. The molecule has 0 aliphatic heterocycles. The maximum absolute atomic E-state index is 12.1. The number of carbonyl (C=O) groups excluding carboxylic acids is 1. The second kappa shape index (κ2) is 7.14. The van der Waals surface area contributed by atoms with Gasteiger partial charge in [0.05, 0.1) is 15.5 Å². The van der Waals surface area contributed by atoms with Crippen molar-refractivity contribution in [1.29, 1.82) is 0 Å². The zero-order valence-corrected chi connectivity index (χ0v) is 13.5. The largest absolute Gasteiger partial charge is 0.455 e. The fraction of sp³-hybridized carbons (Fsp3) is 0.0588. The van der Waals surface area contributed by atoms with Crippen LogP contribution in [0, 0.1) is 10.1 Å². The summed E-state index contributed by atoms with van der Waals surface area (Å²) in [6.07, 6.45) is 0. The molecular weight excluding hydrogens is 348 g/mol. The molecular formula is C17H11ClN2O5. The first-order valence-electron chi connectivity index (χ1n) is 7.16. The van der Waals surface area contributed by atoms with Crippen molar-refractivity contribution in [2.45, 2.75) is 6.61 Å². The first kappa shape index (κ1) is 16.7. The number of hydrogen-bond acceptors (Lipinski definition) is 6. The smallest absolute Gasteiger partial charge is 0.340 e. The van der Waals surface area contributed by atoms with E-state index in [1.54, 1.807) is 6.07 Å². The Morgan fingerprint density at radius 3 is 2.68 bits per heavy atom. The Hall–Kier alpha value is -3.19. The lowest BCUT2D eigenvalue weighted by Gasteiger charge is -2.04. The van der Waals surface area contributed by atoms with Crippen LogP contribution in [0.4, 0.5) is 5.69 Å². The fourth-order valence-corrected chi connectivity index (χ4v) is 2.31. The van der Waals surface area contributed by atoms with E-state index in [1.807, 2.05) is 30.3 Å². The molecule has 0 saturated carbocycles. The molecule has 0 amide bonds. The molecule has 7 nitrogen and oxygen atoms in total. The molecule has 0 saturated heterocycles. The van der Waals surface area contributed by atoms with Crippen LogP contribution < -0.4 is 0 Å². The van der Waals surface area contributed by atoms with Crippen molar-refractivity contribution >= 4 is 23.3 Å². The Labute approximate surface area is 146 Å². The van der Waals surface area contributed by atoms with Gasteiger partial charge in [-0.3, -0.25) is 10.1 Å². The van der Waals surface area contributed by atoms with Gasteiger partial charge < -0.3 is 9.26 Å². The van der Waals surface area contributed by atoms with Gasteiger partial charge in [-0.1, -0.05) is 47.1 Å². The molecule has 0 spiro atoms. The molecule has 0 bridgehead atoms. The summed E-state index contributed by atoms with van der Waals surface area (Å²) in [5.74, 6) is -0.238. The van der Waals surface area contributed by atoms with Crippen LogP contribution in [-0.2, 0) is 11.3 Å². The number of rotatable bonds is 5. The lowest BCUT2D eigenvalue weighted by Crippen LogP contribution is -2.06. The summed E-state index contributed by atoms with van der Waals surface area (Å²) in [5, 5.41) is 14.7. The molecule has 1 heterocycles. The molecule has 3 rings (SSSR count). The molecule has 0 fully saturated rings. The molecule has 0 radical (unpaired) electrons. The van der Waals surface area contributed by atoms with E-state index >= 15 is 0 Å². The summed E-state index contributed by atoms with van der Waals surface area (Å²) < 4.78 is 10.3. The topological polar surface area (TPSA) is 95.5 Å². The maximum atomic E-state index is 12.1. The zero-order chi connectivity index (χ0) is 17.8. The SMILES string of the molecule is O=C(OCc1cc(-c2ccccc2)on1)c1cc([N+](=O)[O-])ccc1Cl. The van der Waals surface area contributed by atoms with Crippen molar-refractivity contribution in [2.24, 2.45) is 0 Å². The normalized spacial score (nSPS) is 10.4. The maximum Gasteiger partial charge on any atom is 0.340 e. The first-order chi connectivity index (χ1) is 12.0. The van der Waals surface area contributed by atoms with E-state index in [0.29, 0.717) is 11.5 Å². The first-order valence-corrected chi connectivity index (χ1v) is 7.54.